The van der Waals surface area contributed by atoms with Crippen molar-refractivity contribution in [2.75, 3.05) is 5.32 Å². The third-order valence-corrected chi connectivity index (χ3v) is 4.62. The van der Waals surface area contributed by atoms with Gasteiger partial charge in [-0.25, -0.2) is 9.97 Å². The summed E-state index contributed by atoms with van der Waals surface area (Å²) in [5.41, 5.74) is 4.92. The number of hydrogen-bond donors (Lipinski definition) is 1. The Balaban J connectivity index is 1.50. The van der Waals surface area contributed by atoms with Crippen LogP contribution in [-0.4, -0.2) is 15.9 Å². The quantitative estimate of drug-likeness (QED) is 0.708. The van der Waals surface area contributed by atoms with Crippen LogP contribution in [0.2, 0.25) is 0 Å². The maximum absolute atomic E-state index is 12.6. The number of nitrogens with one attached hydrogen (secondary N) is 1. The van der Waals surface area contributed by atoms with Gasteiger partial charge in [-0.3, -0.25) is 4.79 Å². The van der Waals surface area contributed by atoms with Crippen LogP contribution >= 0.6 is 0 Å². The Labute approximate surface area is 158 Å². The monoisotopic (exact) mass is 353 g/mol. The molecule has 0 spiro atoms. The molecule has 1 heterocycles. The Morgan fingerprint density at radius 3 is 2.56 bits per heavy atom. The van der Waals surface area contributed by atoms with Crippen LogP contribution in [-0.2, 0) is 12.8 Å². The molecule has 0 fully saturated rings. The van der Waals surface area contributed by atoms with Gasteiger partial charge in [0.05, 0.1) is 0 Å². The number of aryl methyl sites for hydroxylation is 2. The predicted molar refractivity (Wildman–Crippen MR) is 105 cm³/mol. The van der Waals surface area contributed by atoms with Crippen LogP contribution in [0.3, 0.4) is 0 Å². The molecule has 1 aromatic heterocycles. The van der Waals surface area contributed by atoms with E-state index >= 15 is 0 Å². The van der Waals surface area contributed by atoms with Crippen LogP contribution in [0.25, 0.3) is 0 Å². The van der Waals surface area contributed by atoms with Crippen LogP contribution in [0.5, 0.6) is 0 Å². The molecule has 27 heavy (non-hydrogen) atoms. The molecule has 0 saturated carbocycles. The summed E-state index contributed by atoms with van der Waals surface area (Å²) in [6.07, 6.45) is 8.00. The number of carbonyl (C=O) groups excluding carboxylic acids is 1. The molecule has 4 nitrogen and oxygen atoms in total. The summed E-state index contributed by atoms with van der Waals surface area (Å²) in [4.78, 5) is 20.8. The van der Waals surface area contributed by atoms with E-state index in [0.29, 0.717) is 11.4 Å². The van der Waals surface area contributed by atoms with Crippen molar-refractivity contribution in [2.24, 2.45) is 0 Å². The number of carbonyl (C=O) groups is 1. The number of nitrogens with zero attached hydrogens (tertiary/aromatic N) is 2. The van der Waals surface area contributed by atoms with Gasteiger partial charge in [-0.05, 0) is 79.1 Å². The van der Waals surface area contributed by atoms with E-state index in [4.69, 9.17) is 0 Å². The van der Waals surface area contributed by atoms with Crippen molar-refractivity contribution in [3.63, 3.8) is 0 Å². The van der Waals surface area contributed by atoms with E-state index in [1.807, 2.05) is 18.2 Å². The van der Waals surface area contributed by atoms with Gasteiger partial charge >= 0.3 is 0 Å². The lowest BCUT2D eigenvalue weighted by Gasteiger charge is -2.16. The lowest BCUT2D eigenvalue weighted by atomic mass is 9.91. The fraction of sp³-hybridized carbons (Fsp3) is 0.174. The third-order valence-electron chi connectivity index (χ3n) is 4.62. The molecular formula is C23H19N3O. The molecular weight excluding hydrogens is 334 g/mol. The van der Waals surface area contributed by atoms with Crippen molar-refractivity contribution in [1.29, 1.82) is 0 Å². The summed E-state index contributed by atoms with van der Waals surface area (Å²) in [5, 5.41) is 3.00. The molecule has 1 aliphatic carbocycles. The van der Waals surface area contributed by atoms with Crippen molar-refractivity contribution in [1.82, 2.24) is 9.97 Å². The van der Waals surface area contributed by atoms with Crippen molar-refractivity contribution in [2.45, 2.75) is 25.7 Å². The van der Waals surface area contributed by atoms with E-state index in [1.165, 1.54) is 24.0 Å². The zero-order chi connectivity index (χ0) is 18.5. The SMILES string of the molecule is O=C(Nc1ccc2c(c1)CCCC2)c1cccc(C#Cc2ncccn2)c1. The molecule has 0 radical (unpaired) electrons. The summed E-state index contributed by atoms with van der Waals surface area (Å²) in [6, 6.07) is 15.2. The molecule has 0 unspecified atom stereocenters. The van der Waals surface area contributed by atoms with Crippen molar-refractivity contribution in [3.05, 3.63) is 89.0 Å². The summed E-state index contributed by atoms with van der Waals surface area (Å²) >= 11 is 0. The van der Waals surface area contributed by atoms with Crippen molar-refractivity contribution >= 4 is 11.6 Å². The van der Waals surface area contributed by atoms with Gasteiger partial charge in [-0.1, -0.05) is 18.1 Å². The maximum atomic E-state index is 12.6. The number of rotatable bonds is 2. The first-order valence-electron chi connectivity index (χ1n) is 9.10. The molecule has 1 N–H and O–H groups in total. The highest BCUT2D eigenvalue weighted by atomic mass is 16.1. The molecule has 0 atom stereocenters. The number of benzene rings is 2. The Morgan fingerprint density at radius 1 is 0.889 bits per heavy atom. The summed E-state index contributed by atoms with van der Waals surface area (Å²) in [6.45, 7) is 0. The molecule has 2 aromatic carbocycles. The largest absolute Gasteiger partial charge is 0.322 e. The first-order chi connectivity index (χ1) is 13.3. The lowest BCUT2D eigenvalue weighted by molar-refractivity contribution is 0.102. The summed E-state index contributed by atoms with van der Waals surface area (Å²) in [5.74, 6) is 6.24. The van der Waals surface area contributed by atoms with E-state index in [1.54, 1.807) is 30.6 Å². The molecule has 0 bridgehead atoms. The fourth-order valence-electron chi connectivity index (χ4n) is 3.24. The van der Waals surface area contributed by atoms with Gasteiger partial charge < -0.3 is 5.32 Å². The summed E-state index contributed by atoms with van der Waals surface area (Å²) < 4.78 is 0. The predicted octanol–water partition coefficient (Wildman–Crippen LogP) is 4.01. The average molecular weight is 353 g/mol. The number of anilines is 1. The van der Waals surface area contributed by atoms with Crippen LogP contribution in [0.15, 0.2) is 60.9 Å². The van der Waals surface area contributed by atoms with E-state index in [2.05, 4.69) is 39.3 Å². The lowest BCUT2D eigenvalue weighted by Crippen LogP contribution is -2.13. The topological polar surface area (TPSA) is 54.9 Å². The smallest absolute Gasteiger partial charge is 0.255 e. The molecule has 0 aliphatic heterocycles. The molecule has 3 aromatic rings. The molecule has 0 saturated heterocycles. The van der Waals surface area contributed by atoms with Crippen molar-refractivity contribution in [3.8, 4) is 11.8 Å². The number of amides is 1. The molecule has 1 amide bonds. The third kappa shape index (κ3) is 4.21. The van der Waals surface area contributed by atoms with E-state index in [0.717, 1.165) is 24.1 Å². The Hall–Kier alpha value is -3.45. The minimum absolute atomic E-state index is 0.134. The minimum atomic E-state index is -0.134. The normalized spacial score (nSPS) is 12.4. The van der Waals surface area contributed by atoms with Gasteiger partial charge in [0.2, 0.25) is 5.82 Å². The van der Waals surface area contributed by atoms with Crippen LogP contribution in [0.1, 0.15) is 45.7 Å². The maximum Gasteiger partial charge on any atom is 0.255 e. The first-order valence-corrected chi connectivity index (χ1v) is 9.10. The second-order valence-electron chi connectivity index (χ2n) is 6.55. The molecule has 4 rings (SSSR count). The summed E-state index contributed by atoms with van der Waals surface area (Å²) in [7, 11) is 0. The second-order valence-corrected chi connectivity index (χ2v) is 6.55. The Kier molecular flexibility index (Phi) is 4.93. The molecule has 1 aliphatic rings. The highest BCUT2D eigenvalue weighted by Gasteiger charge is 2.11. The van der Waals surface area contributed by atoms with Gasteiger partial charge in [0.15, 0.2) is 0 Å². The highest BCUT2D eigenvalue weighted by molar-refractivity contribution is 6.04. The van der Waals surface area contributed by atoms with Crippen LogP contribution < -0.4 is 5.32 Å². The van der Waals surface area contributed by atoms with Gasteiger partial charge in [0, 0.05) is 29.2 Å². The number of fused-ring (bicyclic) bond motifs is 1. The van der Waals surface area contributed by atoms with Gasteiger partial charge in [-0.15, -0.1) is 0 Å². The van der Waals surface area contributed by atoms with E-state index in [-0.39, 0.29) is 5.91 Å². The highest BCUT2D eigenvalue weighted by Crippen LogP contribution is 2.24. The van der Waals surface area contributed by atoms with E-state index in [9.17, 15) is 4.79 Å². The zero-order valence-electron chi connectivity index (χ0n) is 14.9. The zero-order valence-corrected chi connectivity index (χ0v) is 14.9. The van der Waals surface area contributed by atoms with Gasteiger partial charge in [0.25, 0.3) is 5.91 Å². The second kappa shape index (κ2) is 7.84. The van der Waals surface area contributed by atoms with Crippen LogP contribution in [0.4, 0.5) is 5.69 Å². The van der Waals surface area contributed by atoms with E-state index < -0.39 is 0 Å². The number of hydrogen-bond acceptors (Lipinski definition) is 3. The van der Waals surface area contributed by atoms with Crippen molar-refractivity contribution < 1.29 is 4.79 Å². The average Bonchev–Trinajstić information content (AvgIpc) is 2.73. The minimum Gasteiger partial charge on any atom is -0.322 e. The first kappa shape index (κ1) is 17.0. The molecule has 4 heteroatoms. The van der Waals surface area contributed by atoms with Crippen LogP contribution in [0, 0.1) is 11.8 Å². The molecule has 132 valence electrons. The standard InChI is InChI=1S/C23H19N3O/c27-23(26-21-11-10-18-6-1-2-7-19(18)16-21)20-8-3-5-17(15-20)9-12-22-24-13-4-14-25-22/h3-5,8,10-11,13-16H,1-2,6-7H2,(H,26,27). The fourth-order valence-corrected chi connectivity index (χ4v) is 3.24. The number of aromatic nitrogens is 2. The van der Waals surface area contributed by atoms with Gasteiger partial charge in [0.1, 0.15) is 0 Å². The van der Waals surface area contributed by atoms with Gasteiger partial charge in [-0.2, -0.15) is 0 Å². The Morgan fingerprint density at radius 2 is 1.70 bits per heavy atom. The Bertz CT molecular complexity index is 1030.